The molecule has 0 radical (unpaired) electrons. The lowest BCUT2D eigenvalue weighted by atomic mass is 10.1. The minimum absolute atomic E-state index is 0.0856. The molecule has 0 spiro atoms. The molecule has 1 N–H and O–H groups in total. The number of thioether (sulfide) groups is 1. The normalized spacial score (nSPS) is 18.9. The molecule has 0 unspecified atom stereocenters. The molecule has 1 aromatic carbocycles. The highest BCUT2D eigenvalue weighted by molar-refractivity contribution is 8.14. The van der Waals surface area contributed by atoms with Crippen molar-refractivity contribution < 1.29 is 4.58 Å². The van der Waals surface area contributed by atoms with Crippen LogP contribution >= 0.6 is 23.1 Å². The average molecular weight is 411 g/mol. The third kappa shape index (κ3) is 3.80. The van der Waals surface area contributed by atoms with E-state index in [4.69, 9.17) is 0 Å². The number of nitrogens with zero attached hydrogens (tertiary/aromatic N) is 2. The zero-order chi connectivity index (χ0) is 19.5. The summed E-state index contributed by atoms with van der Waals surface area (Å²) >= 11 is 3.44. The smallest absolute Gasteiger partial charge is 0.269 e. The first-order chi connectivity index (χ1) is 13.7. The molecule has 2 aromatic rings. The second-order valence-corrected chi connectivity index (χ2v) is 8.78. The fourth-order valence-electron chi connectivity index (χ4n) is 3.37. The van der Waals surface area contributed by atoms with E-state index in [1.165, 1.54) is 10.6 Å². The molecule has 0 fully saturated rings. The van der Waals surface area contributed by atoms with Gasteiger partial charge in [-0.2, -0.15) is 0 Å². The predicted molar refractivity (Wildman–Crippen MR) is 123 cm³/mol. The third-order valence-electron chi connectivity index (χ3n) is 4.90. The van der Waals surface area contributed by atoms with Crippen molar-refractivity contribution >= 4 is 52.1 Å². The molecule has 4 nitrogen and oxygen atoms in total. The second-order valence-electron chi connectivity index (χ2n) is 6.60. The summed E-state index contributed by atoms with van der Waals surface area (Å²) in [5, 5.41) is 4.68. The van der Waals surface area contributed by atoms with Crippen molar-refractivity contribution in [3.8, 4) is 0 Å². The van der Waals surface area contributed by atoms with Gasteiger partial charge in [0.15, 0.2) is 6.54 Å². The molecule has 0 atom stereocenters. The van der Waals surface area contributed by atoms with Crippen LogP contribution in [0.3, 0.4) is 0 Å². The summed E-state index contributed by atoms with van der Waals surface area (Å²) in [5.74, 6) is 1.12. The van der Waals surface area contributed by atoms with Gasteiger partial charge in [0.05, 0.1) is 16.4 Å². The van der Waals surface area contributed by atoms with Gasteiger partial charge in [0.1, 0.15) is 11.2 Å². The number of hydrogen-bond donors (Lipinski definition) is 1. The molecule has 3 heterocycles. The van der Waals surface area contributed by atoms with Gasteiger partial charge >= 0.3 is 0 Å². The molecule has 0 aliphatic carbocycles. The zero-order valence-electron chi connectivity index (χ0n) is 16.1. The first-order valence-corrected chi connectivity index (χ1v) is 11.4. The lowest BCUT2D eigenvalue weighted by molar-refractivity contribution is -0.512. The highest BCUT2D eigenvalue weighted by atomic mass is 32.2. The summed E-state index contributed by atoms with van der Waals surface area (Å²) in [5.41, 5.74) is 3.33. The Balaban J connectivity index is 1.72. The van der Waals surface area contributed by atoms with Crippen LogP contribution in [-0.2, 0) is 6.54 Å². The Morgan fingerprint density at radius 3 is 2.89 bits per heavy atom. The average Bonchev–Trinajstić information content (AvgIpc) is 3.30. The van der Waals surface area contributed by atoms with Crippen LogP contribution < -0.4 is 20.1 Å². The van der Waals surface area contributed by atoms with Gasteiger partial charge in [0, 0.05) is 17.9 Å². The first-order valence-electron chi connectivity index (χ1n) is 9.61. The molecule has 28 heavy (non-hydrogen) atoms. The molecule has 0 bridgehead atoms. The fourth-order valence-corrected chi connectivity index (χ4v) is 5.61. The first kappa shape index (κ1) is 19.0. The molecule has 6 heteroatoms. The van der Waals surface area contributed by atoms with E-state index in [2.05, 4.69) is 41.1 Å². The maximum Gasteiger partial charge on any atom is 0.269 e. The van der Waals surface area contributed by atoms with Gasteiger partial charge in [0.2, 0.25) is 5.04 Å². The van der Waals surface area contributed by atoms with E-state index < -0.39 is 0 Å². The minimum Gasteiger partial charge on any atom is -0.355 e. The maximum atomic E-state index is 12.8. The number of benzene rings is 1. The standard InChI is InChI=1S/C22H23N3OS2/c1-3-24-13-14-27-20(24)15-21-25(4-2)22(26)19(28-21)12-11-17-10-9-16-7-5-6-8-18(16)23-17/h5-12,15H,3-4,13-14H2,1-2H3/p+1. The predicted octanol–water partition coefficient (Wildman–Crippen LogP) is 2.69. The summed E-state index contributed by atoms with van der Waals surface area (Å²) in [6, 6.07) is 8.19. The molecule has 0 amide bonds. The van der Waals surface area contributed by atoms with E-state index in [1.54, 1.807) is 11.3 Å². The number of aromatic nitrogens is 1. The number of anilines is 1. The van der Waals surface area contributed by atoms with E-state index in [9.17, 15) is 4.79 Å². The summed E-state index contributed by atoms with van der Waals surface area (Å²) in [6.45, 7) is 6.97. The Kier molecular flexibility index (Phi) is 5.69. The molecule has 4 rings (SSSR count). The van der Waals surface area contributed by atoms with E-state index in [0.29, 0.717) is 6.54 Å². The molecule has 1 aromatic heterocycles. The van der Waals surface area contributed by atoms with Gasteiger partial charge < -0.3 is 5.32 Å². The molecular weight excluding hydrogens is 386 g/mol. The Morgan fingerprint density at radius 1 is 1.21 bits per heavy atom. The van der Waals surface area contributed by atoms with Gasteiger partial charge in [-0.3, -0.25) is 9.36 Å². The van der Waals surface area contributed by atoms with Crippen LogP contribution in [0.4, 0.5) is 5.69 Å². The summed E-state index contributed by atoms with van der Waals surface area (Å²) < 4.78 is 6.03. The molecule has 2 aliphatic rings. The molecule has 144 valence electrons. The van der Waals surface area contributed by atoms with Gasteiger partial charge in [-0.25, -0.2) is 4.58 Å². The maximum absolute atomic E-state index is 12.8. The van der Waals surface area contributed by atoms with Crippen LogP contribution in [-0.4, -0.2) is 33.0 Å². The largest absolute Gasteiger partial charge is 0.355 e. The molecule has 2 aliphatic heterocycles. The lowest BCUT2D eigenvalue weighted by Gasteiger charge is -2.14. The van der Waals surface area contributed by atoms with Crippen LogP contribution in [0.2, 0.25) is 0 Å². The topological polar surface area (TPSA) is 37.0 Å². The summed E-state index contributed by atoms with van der Waals surface area (Å²) in [4.78, 5) is 12.8. The Hall–Kier alpha value is -2.31. The van der Waals surface area contributed by atoms with Crippen LogP contribution in [0.25, 0.3) is 18.2 Å². The van der Waals surface area contributed by atoms with E-state index in [1.807, 2.05) is 53.6 Å². The van der Waals surface area contributed by atoms with Crippen molar-refractivity contribution in [3.05, 3.63) is 67.2 Å². The number of para-hydroxylation sites is 1. The van der Waals surface area contributed by atoms with Crippen molar-refractivity contribution in [2.45, 2.75) is 20.4 Å². The van der Waals surface area contributed by atoms with Crippen LogP contribution in [0, 0.1) is 0 Å². The Bertz CT molecular complexity index is 1170. The zero-order valence-corrected chi connectivity index (χ0v) is 17.8. The highest BCUT2D eigenvalue weighted by Gasteiger charge is 2.19. The van der Waals surface area contributed by atoms with Gasteiger partial charge in [-0.05, 0) is 43.7 Å². The van der Waals surface area contributed by atoms with Crippen molar-refractivity contribution in [2.75, 3.05) is 24.2 Å². The van der Waals surface area contributed by atoms with Crippen molar-refractivity contribution in [3.63, 3.8) is 0 Å². The van der Waals surface area contributed by atoms with Crippen LogP contribution in [0.15, 0.2) is 46.9 Å². The molecule has 0 saturated heterocycles. The van der Waals surface area contributed by atoms with Crippen molar-refractivity contribution in [1.29, 1.82) is 0 Å². The number of thiazole rings is 1. The number of fused-ring (bicyclic) bond motifs is 1. The van der Waals surface area contributed by atoms with E-state index >= 15 is 0 Å². The quantitative estimate of drug-likeness (QED) is 0.788. The number of nitrogens with one attached hydrogen (secondary N) is 1. The van der Waals surface area contributed by atoms with E-state index in [0.717, 1.165) is 39.4 Å². The number of rotatable bonds is 4. The summed E-state index contributed by atoms with van der Waals surface area (Å²) in [7, 11) is 0. The Morgan fingerprint density at radius 2 is 2.07 bits per heavy atom. The van der Waals surface area contributed by atoms with Crippen molar-refractivity contribution in [1.82, 2.24) is 4.57 Å². The van der Waals surface area contributed by atoms with Gasteiger partial charge in [-0.15, -0.1) is 11.3 Å². The lowest BCUT2D eigenvalue weighted by Crippen LogP contribution is -2.31. The Labute approximate surface area is 172 Å². The fraction of sp³-hybridized carbons (Fsp3) is 0.273. The van der Waals surface area contributed by atoms with Crippen molar-refractivity contribution in [2.24, 2.45) is 0 Å². The SMILES string of the molecule is CCn1c(=O)c(=CC=C2C=Cc3ccccc3N2)s/c1=C\C1=[N+](CC)CCS1. The monoisotopic (exact) mass is 410 g/mol. The molecule has 0 saturated carbocycles. The van der Waals surface area contributed by atoms with E-state index in [-0.39, 0.29) is 5.56 Å². The third-order valence-corrected chi connectivity index (χ3v) is 7.04. The van der Waals surface area contributed by atoms with Crippen LogP contribution in [0.5, 0.6) is 0 Å². The molecular formula is C22H24N3OS2+. The number of hydrogen-bond acceptors (Lipinski definition) is 4. The minimum atomic E-state index is 0.0856. The number of allylic oxidation sites excluding steroid dienone is 2. The highest BCUT2D eigenvalue weighted by Crippen LogP contribution is 2.23. The second kappa shape index (κ2) is 8.37. The van der Waals surface area contributed by atoms with Gasteiger partial charge in [0.25, 0.3) is 5.56 Å². The summed E-state index contributed by atoms with van der Waals surface area (Å²) in [6.07, 6.45) is 10.2. The van der Waals surface area contributed by atoms with Gasteiger partial charge in [-0.1, -0.05) is 36.0 Å². The van der Waals surface area contributed by atoms with Crippen LogP contribution in [0.1, 0.15) is 19.4 Å².